The molecule has 30 heavy (non-hydrogen) atoms. The van der Waals surface area contributed by atoms with Gasteiger partial charge in [0.1, 0.15) is 11.9 Å². The molecule has 0 radical (unpaired) electrons. The summed E-state index contributed by atoms with van der Waals surface area (Å²) in [5.41, 5.74) is 0.362. The van der Waals surface area contributed by atoms with Gasteiger partial charge in [0.15, 0.2) is 5.58 Å². The van der Waals surface area contributed by atoms with Crippen LogP contribution in [0.2, 0.25) is 0 Å². The lowest BCUT2D eigenvalue weighted by Gasteiger charge is -2.54. The molecule has 2 saturated heterocycles. The summed E-state index contributed by atoms with van der Waals surface area (Å²) in [7, 11) is 2.13. The molecule has 2 aliphatic heterocycles. The molecule has 2 aromatic rings. The van der Waals surface area contributed by atoms with E-state index in [4.69, 9.17) is 14.4 Å². The minimum absolute atomic E-state index is 0.110. The molecule has 6 rings (SSSR count). The predicted molar refractivity (Wildman–Crippen MR) is 116 cm³/mol. The van der Waals surface area contributed by atoms with Gasteiger partial charge in [-0.25, -0.2) is 4.98 Å². The van der Waals surface area contributed by atoms with E-state index in [0.29, 0.717) is 12.2 Å². The molecular weight excluding hydrogens is 448 g/mol. The van der Waals surface area contributed by atoms with Crippen molar-refractivity contribution < 1.29 is 14.3 Å². The van der Waals surface area contributed by atoms with Gasteiger partial charge < -0.3 is 19.6 Å². The number of hydrogen-bond acceptors (Lipinski definition) is 7. The van der Waals surface area contributed by atoms with E-state index in [2.05, 4.69) is 38.2 Å². The van der Waals surface area contributed by atoms with Gasteiger partial charge in [-0.1, -0.05) is 0 Å². The van der Waals surface area contributed by atoms with E-state index in [1.165, 1.54) is 0 Å². The van der Waals surface area contributed by atoms with Crippen LogP contribution in [-0.4, -0.2) is 58.5 Å². The molecule has 2 bridgehead atoms. The third-order valence-electron chi connectivity index (χ3n) is 7.33. The Labute approximate surface area is 184 Å². The summed E-state index contributed by atoms with van der Waals surface area (Å²) >= 11 is 3.64. The van der Waals surface area contributed by atoms with Crippen molar-refractivity contribution in [3.63, 3.8) is 0 Å². The standard InChI is InChI=1S/C22H27BrN4O3/c1-27(16-3-2-4-17(16)28)12-22-7-5-21(6-8-22,13-29-22)26-20-19(23)15-9-14(10-24)30-18(15)11-25-20/h9,11,16-17,28H,2-8,12-13H2,1H3,(H,25,26)/t16-,17-,21?,22?/m0/s1. The first kappa shape index (κ1) is 20.3. The molecule has 2 saturated carbocycles. The Bertz CT molecular complexity index is 976. The van der Waals surface area contributed by atoms with Gasteiger partial charge in [0, 0.05) is 24.0 Å². The minimum Gasteiger partial charge on any atom is -0.444 e. The highest BCUT2D eigenvalue weighted by atomic mass is 79.9. The average molecular weight is 475 g/mol. The molecule has 4 fully saturated rings. The van der Waals surface area contributed by atoms with Crippen molar-refractivity contribution in [3.8, 4) is 6.07 Å². The fraction of sp³-hybridized carbons (Fsp3) is 0.636. The molecular formula is C22H27BrN4O3. The summed E-state index contributed by atoms with van der Waals surface area (Å²) in [6.07, 6.45) is 8.59. The molecule has 2 aliphatic carbocycles. The number of rotatable bonds is 5. The van der Waals surface area contributed by atoms with Gasteiger partial charge >= 0.3 is 0 Å². The van der Waals surface area contributed by atoms with Crippen LogP contribution in [0.3, 0.4) is 0 Å². The maximum Gasteiger partial charge on any atom is 0.204 e. The minimum atomic E-state index is -0.206. The van der Waals surface area contributed by atoms with Gasteiger partial charge in [-0.15, -0.1) is 0 Å². The van der Waals surface area contributed by atoms with Crippen LogP contribution in [0.1, 0.15) is 50.7 Å². The van der Waals surface area contributed by atoms with Crippen LogP contribution in [0.4, 0.5) is 5.82 Å². The number of aliphatic hydroxyl groups excluding tert-OH is 1. The summed E-state index contributed by atoms with van der Waals surface area (Å²) < 4.78 is 12.8. The molecule has 8 heteroatoms. The molecule has 2 aromatic heterocycles. The van der Waals surface area contributed by atoms with Crippen molar-refractivity contribution in [2.45, 2.75) is 68.2 Å². The van der Waals surface area contributed by atoms with Gasteiger partial charge in [0.25, 0.3) is 0 Å². The van der Waals surface area contributed by atoms with E-state index in [-0.39, 0.29) is 29.0 Å². The highest BCUT2D eigenvalue weighted by Crippen LogP contribution is 2.46. The van der Waals surface area contributed by atoms with Gasteiger partial charge in [-0.3, -0.25) is 4.90 Å². The number of halogens is 1. The number of furan rings is 1. The molecule has 2 atom stereocenters. The number of nitrogens with one attached hydrogen (secondary N) is 1. The molecule has 160 valence electrons. The van der Waals surface area contributed by atoms with Gasteiger partial charge in [0.2, 0.25) is 5.76 Å². The number of hydrogen-bond donors (Lipinski definition) is 2. The number of likely N-dealkylation sites (N-methyl/N-ethyl adjacent to an activating group) is 1. The van der Waals surface area contributed by atoms with Crippen LogP contribution in [-0.2, 0) is 4.74 Å². The number of aromatic nitrogens is 1. The molecule has 0 amide bonds. The first-order valence-corrected chi connectivity index (χ1v) is 11.5. The van der Waals surface area contributed by atoms with Crippen LogP contribution in [0.15, 0.2) is 21.2 Å². The maximum absolute atomic E-state index is 10.3. The van der Waals surface area contributed by atoms with Crippen molar-refractivity contribution >= 4 is 32.7 Å². The Kier molecular flexibility index (Phi) is 5.05. The van der Waals surface area contributed by atoms with Crippen molar-refractivity contribution in [2.75, 3.05) is 25.5 Å². The second-order valence-electron chi connectivity index (χ2n) is 9.28. The predicted octanol–water partition coefficient (Wildman–Crippen LogP) is 3.80. The van der Waals surface area contributed by atoms with Crippen molar-refractivity contribution in [3.05, 3.63) is 22.5 Å². The highest BCUT2D eigenvalue weighted by molar-refractivity contribution is 9.10. The zero-order valence-corrected chi connectivity index (χ0v) is 18.7. The Balaban J connectivity index is 1.28. The van der Waals surface area contributed by atoms with Crippen LogP contribution >= 0.6 is 15.9 Å². The topological polar surface area (TPSA) is 94.6 Å². The number of anilines is 1. The van der Waals surface area contributed by atoms with E-state index in [1.807, 2.05) is 6.07 Å². The number of aliphatic hydroxyl groups is 1. The van der Waals surface area contributed by atoms with Crippen LogP contribution in [0, 0.1) is 11.3 Å². The summed E-state index contributed by atoms with van der Waals surface area (Å²) in [6.45, 7) is 1.53. The largest absolute Gasteiger partial charge is 0.444 e. The van der Waals surface area contributed by atoms with Crippen molar-refractivity contribution in [2.24, 2.45) is 0 Å². The number of fused-ring (bicyclic) bond motifs is 4. The zero-order chi connectivity index (χ0) is 20.9. The van der Waals surface area contributed by atoms with Crippen molar-refractivity contribution in [1.82, 2.24) is 9.88 Å². The summed E-state index contributed by atoms with van der Waals surface area (Å²) in [6, 6.07) is 4.03. The molecule has 0 aromatic carbocycles. The number of nitriles is 1. The molecule has 4 aliphatic rings. The van der Waals surface area contributed by atoms with Gasteiger partial charge in [-0.05, 0) is 67.9 Å². The van der Waals surface area contributed by atoms with E-state index in [1.54, 1.807) is 12.3 Å². The summed E-state index contributed by atoms with van der Waals surface area (Å²) in [5, 5.41) is 23.8. The lowest BCUT2D eigenvalue weighted by atomic mass is 9.70. The molecule has 4 heterocycles. The summed E-state index contributed by atoms with van der Waals surface area (Å²) in [5.74, 6) is 1.04. The smallest absolute Gasteiger partial charge is 0.204 e. The lowest BCUT2D eigenvalue weighted by molar-refractivity contribution is -0.160. The van der Waals surface area contributed by atoms with Crippen LogP contribution < -0.4 is 5.32 Å². The highest BCUT2D eigenvalue weighted by Gasteiger charge is 2.51. The maximum atomic E-state index is 10.3. The molecule has 0 spiro atoms. The number of ether oxygens (including phenoxy) is 1. The first-order chi connectivity index (χ1) is 14.4. The Morgan fingerprint density at radius 1 is 1.37 bits per heavy atom. The van der Waals surface area contributed by atoms with E-state index in [9.17, 15) is 5.11 Å². The van der Waals surface area contributed by atoms with E-state index < -0.39 is 0 Å². The average Bonchev–Trinajstić information content (AvgIpc) is 3.38. The van der Waals surface area contributed by atoms with Crippen LogP contribution in [0.5, 0.6) is 0 Å². The SMILES string of the molecule is CN(CC12CCC(Nc3ncc4oc(C#N)cc4c3Br)(CC1)CO2)[C@H]1CCC[C@@H]1O. The number of pyridine rings is 1. The van der Waals surface area contributed by atoms with Gasteiger partial charge in [-0.2, -0.15) is 5.26 Å². The summed E-state index contributed by atoms with van der Waals surface area (Å²) in [4.78, 5) is 6.85. The molecule has 2 N–H and O–H groups in total. The number of nitrogens with zero attached hydrogens (tertiary/aromatic N) is 3. The zero-order valence-electron chi connectivity index (χ0n) is 17.2. The fourth-order valence-electron chi connectivity index (χ4n) is 5.51. The Hall–Kier alpha value is -1.66. The van der Waals surface area contributed by atoms with E-state index in [0.717, 1.165) is 67.2 Å². The third kappa shape index (κ3) is 3.42. The normalized spacial score (nSPS) is 33.3. The first-order valence-electron chi connectivity index (χ1n) is 10.7. The van der Waals surface area contributed by atoms with E-state index >= 15 is 0 Å². The monoisotopic (exact) mass is 474 g/mol. The second kappa shape index (κ2) is 7.49. The van der Waals surface area contributed by atoms with Gasteiger partial charge in [0.05, 0.1) is 34.5 Å². The Morgan fingerprint density at radius 3 is 2.80 bits per heavy atom. The molecule has 7 nitrogen and oxygen atoms in total. The fourth-order valence-corrected chi connectivity index (χ4v) is 6.02. The lowest BCUT2D eigenvalue weighted by Crippen LogP contribution is -2.62. The molecule has 0 unspecified atom stereocenters. The second-order valence-corrected chi connectivity index (χ2v) is 10.1. The van der Waals surface area contributed by atoms with Crippen LogP contribution in [0.25, 0.3) is 11.0 Å². The quantitative estimate of drug-likeness (QED) is 0.680. The Morgan fingerprint density at radius 2 is 2.17 bits per heavy atom. The third-order valence-corrected chi connectivity index (χ3v) is 8.13. The van der Waals surface area contributed by atoms with Crippen molar-refractivity contribution in [1.29, 1.82) is 5.26 Å².